The molecule has 3 aromatic rings. The molecule has 0 saturated carbocycles. The molecule has 1 saturated heterocycles. The van der Waals surface area contributed by atoms with Gasteiger partial charge in [-0.1, -0.05) is 30.3 Å². The molecule has 2 aromatic carbocycles. The molecule has 8 heteroatoms. The lowest BCUT2D eigenvalue weighted by atomic mass is 10.1. The minimum Gasteiger partial charge on any atom is -0.496 e. The van der Waals surface area contributed by atoms with Gasteiger partial charge in [0.1, 0.15) is 11.8 Å². The first-order chi connectivity index (χ1) is 15.9. The first-order valence-corrected chi connectivity index (χ1v) is 11.7. The van der Waals surface area contributed by atoms with Crippen molar-refractivity contribution in [3.8, 4) is 16.2 Å². The van der Waals surface area contributed by atoms with Crippen molar-refractivity contribution in [2.24, 2.45) is 0 Å². The number of nitrogens with one attached hydrogen (secondary N) is 1. The van der Waals surface area contributed by atoms with E-state index in [1.807, 2.05) is 43.6 Å². The Labute approximate surface area is 197 Å². The number of carbonyl (C=O) groups is 2. The van der Waals surface area contributed by atoms with Crippen molar-refractivity contribution in [2.75, 3.05) is 13.7 Å². The molecule has 1 aliphatic heterocycles. The second-order valence-corrected chi connectivity index (χ2v) is 9.03. The molecule has 2 amide bonds. The van der Waals surface area contributed by atoms with E-state index in [2.05, 4.69) is 10.3 Å². The standard InChI is InChI=1S/C25H27N3O4S/c1-15-20(5-4-6-22(15)32-3)25(31)28-13-19(29)11-21(28)24(30)26-12-17-7-9-18(10-8-17)23-16(2)27-14-33-23/h4-10,14,19,21,29H,11-13H2,1-3H3,(H,26,30). The Bertz CT molecular complexity index is 1160. The van der Waals surface area contributed by atoms with Crippen LogP contribution in [0.2, 0.25) is 0 Å². The number of β-amino-alcohol motifs (C(OH)–C–C–N with tert-alkyl or cyclic N) is 1. The summed E-state index contributed by atoms with van der Waals surface area (Å²) in [6, 6.07) is 12.5. The zero-order valence-electron chi connectivity index (χ0n) is 18.9. The smallest absolute Gasteiger partial charge is 0.255 e. The summed E-state index contributed by atoms with van der Waals surface area (Å²) in [5, 5.41) is 13.1. The van der Waals surface area contributed by atoms with Crippen LogP contribution in [0.5, 0.6) is 5.75 Å². The molecule has 0 spiro atoms. The van der Waals surface area contributed by atoms with Gasteiger partial charge in [-0.25, -0.2) is 4.98 Å². The summed E-state index contributed by atoms with van der Waals surface area (Å²) in [5.41, 5.74) is 6.05. The number of ether oxygens (including phenoxy) is 1. The number of thiazole rings is 1. The zero-order valence-corrected chi connectivity index (χ0v) is 19.7. The summed E-state index contributed by atoms with van der Waals surface area (Å²) in [5.74, 6) is 0.0498. The van der Waals surface area contributed by atoms with Crippen molar-refractivity contribution in [3.05, 3.63) is 70.4 Å². The van der Waals surface area contributed by atoms with Gasteiger partial charge < -0.3 is 20.1 Å². The van der Waals surface area contributed by atoms with Crippen LogP contribution in [0.4, 0.5) is 0 Å². The van der Waals surface area contributed by atoms with Crippen molar-refractivity contribution >= 4 is 23.2 Å². The second kappa shape index (κ2) is 9.72. The van der Waals surface area contributed by atoms with Gasteiger partial charge in [0.15, 0.2) is 0 Å². The van der Waals surface area contributed by atoms with Gasteiger partial charge in [-0.3, -0.25) is 9.59 Å². The van der Waals surface area contributed by atoms with Crippen LogP contribution in [0.25, 0.3) is 10.4 Å². The molecule has 33 heavy (non-hydrogen) atoms. The highest BCUT2D eigenvalue weighted by Gasteiger charge is 2.39. The van der Waals surface area contributed by atoms with E-state index in [0.717, 1.165) is 21.7 Å². The van der Waals surface area contributed by atoms with Gasteiger partial charge in [0.2, 0.25) is 5.91 Å². The Morgan fingerprint density at radius 2 is 1.97 bits per heavy atom. The van der Waals surface area contributed by atoms with E-state index in [4.69, 9.17) is 4.74 Å². The first-order valence-electron chi connectivity index (χ1n) is 10.8. The lowest BCUT2D eigenvalue weighted by Crippen LogP contribution is -2.45. The highest BCUT2D eigenvalue weighted by Crippen LogP contribution is 2.28. The predicted octanol–water partition coefficient (Wildman–Crippen LogP) is 3.33. The molecule has 2 N–H and O–H groups in total. The van der Waals surface area contributed by atoms with Crippen molar-refractivity contribution in [1.82, 2.24) is 15.2 Å². The normalized spacial score (nSPS) is 17.8. The molecule has 0 radical (unpaired) electrons. The molecule has 7 nitrogen and oxygen atoms in total. The summed E-state index contributed by atoms with van der Waals surface area (Å²) in [4.78, 5) is 33.1. The maximum Gasteiger partial charge on any atom is 0.255 e. The number of aliphatic hydroxyl groups is 1. The number of aryl methyl sites for hydroxylation is 1. The third-order valence-electron chi connectivity index (χ3n) is 6.01. The molecule has 0 aliphatic carbocycles. The van der Waals surface area contributed by atoms with E-state index in [9.17, 15) is 14.7 Å². The number of hydrogen-bond acceptors (Lipinski definition) is 6. The number of carbonyl (C=O) groups excluding carboxylic acids is 2. The highest BCUT2D eigenvalue weighted by molar-refractivity contribution is 7.13. The molecular formula is C25H27N3O4S. The Kier molecular flexibility index (Phi) is 6.76. The van der Waals surface area contributed by atoms with Crippen LogP contribution in [0.3, 0.4) is 0 Å². The van der Waals surface area contributed by atoms with Gasteiger partial charge in [-0.2, -0.15) is 0 Å². The molecule has 1 aliphatic rings. The van der Waals surface area contributed by atoms with E-state index >= 15 is 0 Å². The fraction of sp³-hybridized carbons (Fsp3) is 0.320. The van der Waals surface area contributed by atoms with Crippen molar-refractivity contribution in [1.29, 1.82) is 0 Å². The number of methoxy groups -OCH3 is 1. The molecule has 4 rings (SSSR count). The minimum atomic E-state index is -0.738. The van der Waals surface area contributed by atoms with Gasteiger partial charge in [0, 0.05) is 30.6 Å². The fourth-order valence-electron chi connectivity index (χ4n) is 4.17. The first kappa shape index (κ1) is 22.9. The lowest BCUT2D eigenvalue weighted by Gasteiger charge is -2.25. The average Bonchev–Trinajstić information content (AvgIpc) is 3.43. The molecule has 1 aromatic heterocycles. The average molecular weight is 466 g/mol. The van der Waals surface area contributed by atoms with E-state index in [1.165, 1.54) is 4.90 Å². The van der Waals surface area contributed by atoms with Gasteiger partial charge in [0.25, 0.3) is 5.91 Å². The molecule has 1 fully saturated rings. The number of benzene rings is 2. The topological polar surface area (TPSA) is 91.8 Å². The number of aliphatic hydroxyl groups excluding tert-OH is 1. The lowest BCUT2D eigenvalue weighted by molar-refractivity contribution is -0.125. The number of likely N-dealkylation sites (tertiary alicyclic amines) is 1. The van der Waals surface area contributed by atoms with Crippen LogP contribution in [0.15, 0.2) is 48.0 Å². The van der Waals surface area contributed by atoms with Crippen LogP contribution in [0, 0.1) is 13.8 Å². The molecule has 0 bridgehead atoms. The van der Waals surface area contributed by atoms with Crippen molar-refractivity contribution < 1.29 is 19.4 Å². The van der Waals surface area contributed by atoms with Gasteiger partial charge in [-0.15, -0.1) is 11.3 Å². The minimum absolute atomic E-state index is 0.121. The van der Waals surface area contributed by atoms with Crippen LogP contribution < -0.4 is 10.1 Å². The Hall–Kier alpha value is -3.23. The largest absolute Gasteiger partial charge is 0.496 e. The Balaban J connectivity index is 1.44. The van der Waals surface area contributed by atoms with Crippen LogP contribution in [0.1, 0.15) is 33.6 Å². The molecular weight excluding hydrogens is 438 g/mol. The number of aromatic nitrogens is 1. The third kappa shape index (κ3) is 4.77. The summed E-state index contributed by atoms with van der Waals surface area (Å²) >= 11 is 1.60. The number of hydrogen-bond donors (Lipinski definition) is 2. The second-order valence-electron chi connectivity index (χ2n) is 8.18. The third-order valence-corrected chi connectivity index (χ3v) is 6.98. The van der Waals surface area contributed by atoms with E-state index in [-0.39, 0.29) is 24.8 Å². The van der Waals surface area contributed by atoms with Crippen molar-refractivity contribution in [3.63, 3.8) is 0 Å². The quantitative estimate of drug-likeness (QED) is 0.583. The highest BCUT2D eigenvalue weighted by atomic mass is 32.1. The fourth-order valence-corrected chi connectivity index (χ4v) is 4.98. The maximum atomic E-state index is 13.2. The summed E-state index contributed by atoms with van der Waals surface area (Å²) in [6.45, 7) is 4.26. The molecule has 2 atom stereocenters. The Morgan fingerprint density at radius 1 is 1.21 bits per heavy atom. The molecule has 2 heterocycles. The number of amides is 2. The SMILES string of the molecule is COc1cccc(C(=O)N2CC(O)CC2C(=O)NCc2ccc(-c3scnc3C)cc2)c1C. The van der Waals surface area contributed by atoms with E-state index in [0.29, 0.717) is 23.4 Å². The van der Waals surface area contributed by atoms with Crippen LogP contribution in [-0.4, -0.2) is 52.6 Å². The van der Waals surface area contributed by atoms with Gasteiger partial charge in [-0.05, 0) is 37.1 Å². The molecule has 172 valence electrons. The van der Waals surface area contributed by atoms with Crippen LogP contribution in [-0.2, 0) is 11.3 Å². The summed E-state index contributed by atoms with van der Waals surface area (Å²) in [7, 11) is 1.55. The molecule has 2 unspecified atom stereocenters. The summed E-state index contributed by atoms with van der Waals surface area (Å²) in [6.07, 6.45) is -0.526. The van der Waals surface area contributed by atoms with Crippen LogP contribution >= 0.6 is 11.3 Å². The predicted molar refractivity (Wildman–Crippen MR) is 127 cm³/mol. The van der Waals surface area contributed by atoms with Gasteiger partial charge >= 0.3 is 0 Å². The maximum absolute atomic E-state index is 13.2. The number of rotatable bonds is 6. The van der Waals surface area contributed by atoms with E-state index in [1.54, 1.807) is 36.6 Å². The Morgan fingerprint density at radius 3 is 2.64 bits per heavy atom. The van der Waals surface area contributed by atoms with E-state index < -0.39 is 12.1 Å². The zero-order chi connectivity index (χ0) is 23.5. The monoisotopic (exact) mass is 465 g/mol. The summed E-state index contributed by atoms with van der Waals surface area (Å²) < 4.78 is 5.32. The van der Waals surface area contributed by atoms with Crippen molar-refractivity contribution in [2.45, 2.75) is 39.0 Å². The number of nitrogens with zero attached hydrogens (tertiary/aromatic N) is 2. The van der Waals surface area contributed by atoms with Gasteiger partial charge in [0.05, 0.1) is 29.3 Å².